The highest BCUT2D eigenvalue weighted by molar-refractivity contribution is 6.07. The molecule has 0 unspecified atom stereocenters. The lowest BCUT2D eigenvalue weighted by atomic mass is 9.99. The largest absolute Gasteiger partial charge is 0.417 e. The minimum Gasteiger partial charge on any atom is -0.321 e. The van der Waals surface area contributed by atoms with E-state index in [2.05, 4.69) is 10.4 Å². The Morgan fingerprint density at radius 3 is 2.37 bits per heavy atom. The maximum atomic E-state index is 14.9. The molecule has 176 valence electrons. The molecule has 0 radical (unpaired) electrons. The first-order valence-electron chi connectivity index (χ1n) is 10.8. The van der Waals surface area contributed by atoms with Gasteiger partial charge in [0.05, 0.1) is 22.5 Å². The number of alkyl halides is 3. The molecule has 0 atom stereocenters. The van der Waals surface area contributed by atoms with Crippen LogP contribution in [0.2, 0.25) is 0 Å². The molecule has 1 aromatic heterocycles. The second-order valence-electron chi connectivity index (χ2n) is 8.26. The predicted molar refractivity (Wildman–Crippen MR) is 124 cm³/mol. The molecular weight excluding hydrogens is 458 g/mol. The van der Waals surface area contributed by atoms with Gasteiger partial charge in [-0.1, -0.05) is 54.6 Å². The van der Waals surface area contributed by atoms with Gasteiger partial charge >= 0.3 is 6.18 Å². The summed E-state index contributed by atoms with van der Waals surface area (Å²) in [5.41, 5.74) is 1.95. The molecule has 0 spiro atoms. The van der Waals surface area contributed by atoms with Gasteiger partial charge in [0, 0.05) is 30.8 Å². The molecule has 0 fully saturated rings. The summed E-state index contributed by atoms with van der Waals surface area (Å²) in [5.74, 6) is -2.10. The second-order valence-corrected chi connectivity index (χ2v) is 8.26. The Kier molecular flexibility index (Phi) is 5.51. The predicted octanol–water partition coefficient (Wildman–Crippen LogP) is 6.10. The minimum absolute atomic E-state index is 0.00993. The van der Waals surface area contributed by atoms with E-state index in [1.807, 2.05) is 54.6 Å². The minimum atomic E-state index is -4.82. The summed E-state index contributed by atoms with van der Waals surface area (Å²) in [6, 6.07) is 19.6. The number of amides is 1. The third-order valence-corrected chi connectivity index (χ3v) is 5.96. The van der Waals surface area contributed by atoms with Crippen molar-refractivity contribution in [2.45, 2.75) is 12.6 Å². The van der Waals surface area contributed by atoms with Crippen LogP contribution in [0.15, 0.2) is 79.0 Å². The van der Waals surface area contributed by atoms with Crippen molar-refractivity contribution >= 4 is 17.2 Å². The van der Waals surface area contributed by atoms with Gasteiger partial charge in [0.1, 0.15) is 5.82 Å². The summed E-state index contributed by atoms with van der Waals surface area (Å²) < 4.78 is 57.3. The molecule has 1 aliphatic carbocycles. The van der Waals surface area contributed by atoms with Crippen molar-refractivity contribution in [3.05, 3.63) is 113 Å². The number of hydrogen-bond donors (Lipinski definition) is 1. The summed E-state index contributed by atoms with van der Waals surface area (Å²) in [4.78, 5) is 13.3. The quantitative estimate of drug-likeness (QED) is 0.361. The van der Waals surface area contributed by atoms with Gasteiger partial charge in [-0.2, -0.15) is 18.3 Å². The summed E-state index contributed by atoms with van der Waals surface area (Å²) in [5, 5.41) is 6.80. The number of rotatable bonds is 4. The van der Waals surface area contributed by atoms with Gasteiger partial charge in [0.15, 0.2) is 0 Å². The molecule has 1 aliphatic rings. The lowest BCUT2D eigenvalue weighted by Crippen LogP contribution is -2.24. The van der Waals surface area contributed by atoms with Gasteiger partial charge in [0.2, 0.25) is 0 Å². The lowest BCUT2D eigenvalue weighted by molar-refractivity contribution is -0.137. The first-order valence-corrected chi connectivity index (χ1v) is 10.8. The molecule has 8 heteroatoms. The number of fused-ring (bicyclic) bond motifs is 1. The summed E-state index contributed by atoms with van der Waals surface area (Å²) in [6.45, 7) is 0. The number of aromatic nitrogens is 2. The van der Waals surface area contributed by atoms with Gasteiger partial charge in [-0.25, -0.2) is 4.39 Å². The van der Waals surface area contributed by atoms with Crippen LogP contribution in [0.25, 0.3) is 22.5 Å². The third kappa shape index (κ3) is 4.23. The number of benzene rings is 3. The van der Waals surface area contributed by atoms with Crippen molar-refractivity contribution in [2.75, 3.05) is 0 Å². The molecular formula is C27H19F4N3O. The fourth-order valence-corrected chi connectivity index (χ4v) is 4.32. The van der Waals surface area contributed by atoms with Gasteiger partial charge in [0.25, 0.3) is 5.91 Å². The molecule has 35 heavy (non-hydrogen) atoms. The number of carbonyl (C=O) groups is 1. The average molecular weight is 477 g/mol. The van der Waals surface area contributed by atoms with Crippen LogP contribution in [-0.2, 0) is 19.6 Å². The van der Waals surface area contributed by atoms with E-state index >= 15 is 0 Å². The standard InChI is InChI=1S/C27H19F4N3O/c1-34-12-11-24(33-34)20-14-21(23(28)15-22(20)27(29,30)31)26(35)32-25-18-10-6-5-9-17(18)13-19(25)16-7-3-2-4-8-16/h2-12,14-15H,13H2,1H3,(H,32,35). The molecule has 1 heterocycles. The Morgan fingerprint density at radius 1 is 0.971 bits per heavy atom. The number of carbonyl (C=O) groups excluding carboxylic acids is 1. The Balaban J connectivity index is 1.60. The third-order valence-electron chi connectivity index (χ3n) is 5.96. The van der Waals surface area contributed by atoms with Crippen molar-refractivity contribution in [3.63, 3.8) is 0 Å². The zero-order valence-electron chi connectivity index (χ0n) is 18.5. The Morgan fingerprint density at radius 2 is 1.69 bits per heavy atom. The lowest BCUT2D eigenvalue weighted by Gasteiger charge is -2.16. The van der Waals surface area contributed by atoms with Crippen LogP contribution < -0.4 is 5.32 Å². The molecule has 0 saturated carbocycles. The van der Waals surface area contributed by atoms with E-state index in [-0.39, 0.29) is 11.3 Å². The topological polar surface area (TPSA) is 46.9 Å². The number of nitrogens with zero attached hydrogens (tertiary/aromatic N) is 2. The summed E-state index contributed by atoms with van der Waals surface area (Å²) in [7, 11) is 1.56. The molecule has 0 aliphatic heterocycles. The molecule has 0 saturated heterocycles. The molecule has 1 N–H and O–H groups in total. The highest BCUT2D eigenvalue weighted by Gasteiger charge is 2.36. The van der Waals surface area contributed by atoms with Gasteiger partial charge in [-0.15, -0.1) is 0 Å². The van der Waals surface area contributed by atoms with Gasteiger partial charge < -0.3 is 5.32 Å². The fraction of sp³-hybridized carbons (Fsp3) is 0.111. The van der Waals surface area contributed by atoms with E-state index in [1.165, 1.54) is 16.9 Å². The van der Waals surface area contributed by atoms with Crippen LogP contribution in [0.4, 0.5) is 17.6 Å². The van der Waals surface area contributed by atoms with Crippen LogP contribution in [0, 0.1) is 5.82 Å². The van der Waals surface area contributed by atoms with E-state index in [4.69, 9.17) is 0 Å². The molecule has 3 aromatic carbocycles. The molecule has 4 nitrogen and oxygen atoms in total. The van der Waals surface area contributed by atoms with Crippen molar-refractivity contribution in [1.82, 2.24) is 15.1 Å². The fourth-order valence-electron chi connectivity index (χ4n) is 4.32. The highest BCUT2D eigenvalue weighted by Crippen LogP contribution is 2.39. The smallest absolute Gasteiger partial charge is 0.321 e. The second kappa shape index (κ2) is 8.54. The van der Waals surface area contributed by atoms with Crippen molar-refractivity contribution in [3.8, 4) is 11.3 Å². The molecule has 4 aromatic rings. The monoisotopic (exact) mass is 477 g/mol. The van der Waals surface area contributed by atoms with E-state index < -0.39 is 29.0 Å². The van der Waals surface area contributed by atoms with Gasteiger partial charge in [-0.3, -0.25) is 9.48 Å². The van der Waals surface area contributed by atoms with E-state index in [1.54, 1.807) is 7.05 Å². The van der Waals surface area contributed by atoms with E-state index in [0.717, 1.165) is 28.3 Å². The first kappa shape index (κ1) is 22.6. The summed E-state index contributed by atoms with van der Waals surface area (Å²) in [6.07, 6.45) is -2.79. The van der Waals surface area contributed by atoms with Gasteiger partial charge in [-0.05, 0) is 34.9 Å². The first-order chi connectivity index (χ1) is 16.7. The normalized spacial score (nSPS) is 13.2. The Labute approximate surface area is 198 Å². The Hall–Kier alpha value is -4.20. The Bertz CT molecular complexity index is 1470. The van der Waals surface area contributed by atoms with E-state index in [9.17, 15) is 22.4 Å². The number of halogens is 4. The van der Waals surface area contributed by atoms with Crippen LogP contribution >= 0.6 is 0 Å². The van der Waals surface area contributed by atoms with Crippen LogP contribution in [-0.4, -0.2) is 15.7 Å². The average Bonchev–Trinajstić information content (AvgIpc) is 3.42. The van der Waals surface area contributed by atoms with Crippen LogP contribution in [0.3, 0.4) is 0 Å². The van der Waals surface area contributed by atoms with Crippen molar-refractivity contribution in [2.24, 2.45) is 7.05 Å². The molecule has 1 amide bonds. The van der Waals surface area contributed by atoms with Crippen LogP contribution in [0.1, 0.15) is 32.6 Å². The SMILES string of the molecule is Cn1ccc(-c2cc(C(=O)NC3=C(c4ccccc4)Cc4ccccc43)c(F)cc2C(F)(F)F)n1. The molecule has 5 rings (SSSR count). The summed E-state index contributed by atoms with van der Waals surface area (Å²) >= 11 is 0. The number of aryl methyl sites for hydroxylation is 1. The van der Waals surface area contributed by atoms with E-state index in [0.29, 0.717) is 18.2 Å². The number of nitrogens with one attached hydrogen (secondary N) is 1. The molecule has 0 bridgehead atoms. The zero-order valence-corrected chi connectivity index (χ0v) is 18.5. The number of hydrogen-bond acceptors (Lipinski definition) is 2. The van der Waals surface area contributed by atoms with Crippen molar-refractivity contribution < 1.29 is 22.4 Å². The maximum absolute atomic E-state index is 14.9. The number of allylic oxidation sites excluding steroid dienone is 1. The zero-order chi connectivity index (χ0) is 24.7. The van der Waals surface area contributed by atoms with Crippen LogP contribution in [0.5, 0.6) is 0 Å². The van der Waals surface area contributed by atoms with Crippen molar-refractivity contribution in [1.29, 1.82) is 0 Å². The highest BCUT2D eigenvalue weighted by atomic mass is 19.4. The maximum Gasteiger partial charge on any atom is 0.417 e.